The summed E-state index contributed by atoms with van der Waals surface area (Å²) >= 11 is 6.38. The summed E-state index contributed by atoms with van der Waals surface area (Å²) < 4.78 is 10.2. The number of esters is 1. The minimum Gasteiger partial charge on any atom is -0.475 e. The van der Waals surface area contributed by atoms with E-state index in [0.717, 1.165) is 12.8 Å². The smallest absolute Gasteiger partial charge is 0.344 e. The number of rotatable bonds is 8. The van der Waals surface area contributed by atoms with Crippen LogP contribution >= 0.6 is 11.6 Å². The normalized spacial score (nSPS) is 17.8. The number of amides is 1. The molecule has 1 aliphatic carbocycles. The number of ketones is 1. The summed E-state index contributed by atoms with van der Waals surface area (Å²) in [6.45, 7) is -1.23. The molecule has 1 aliphatic rings. The Hall–Kier alpha value is -3.46. The predicted octanol–water partition coefficient (Wildman–Crippen LogP) is 3.67. The molecule has 1 unspecified atom stereocenters. The van der Waals surface area contributed by atoms with Crippen molar-refractivity contribution < 1.29 is 28.8 Å². The summed E-state index contributed by atoms with van der Waals surface area (Å²) in [7, 11) is 1.49. The molecule has 0 heterocycles. The molecule has 2 aromatic rings. The molecule has 0 N–H and O–H groups in total. The highest BCUT2D eigenvalue weighted by Crippen LogP contribution is 2.42. The van der Waals surface area contributed by atoms with E-state index in [9.17, 15) is 24.5 Å². The average molecular weight is 475 g/mol. The number of ether oxygens (including phenoxy) is 2. The van der Waals surface area contributed by atoms with E-state index >= 15 is 0 Å². The number of likely N-dealkylation sites (N-methyl/N-ethyl adjacent to an activating group) is 1. The van der Waals surface area contributed by atoms with E-state index in [1.165, 1.54) is 36.2 Å². The van der Waals surface area contributed by atoms with Crippen LogP contribution in [0.1, 0.15) is 31.2 Å². The van der Waals surface area contributed by atoms with Gasteiger partial charge in [-0.3, -0.25) is 19.7 Å². The van der Waals surface area contributed by atoms with Crippen molar-refractivity contribution in [3.8, 4) is 5.75 Å². The van der Waals surface area contributed by atoms with Crippen LogP contribution in [0.2, 0.25) is 5.02 Å². The van der Waals surface area contributed by atoms with Gasteiger partial charge in [-0.05, 0) is 31.4 Å². The number of carbonyl (C=O) groups is 3. The molecule has 9 nitrogen and oxygen atoms in total. The third-order valence-electron chi connectivity index (χ3n) is 5.68. The Morgan fingerprint density at radius 2 is 1.82 bits per heavy atom. The molecule has 0 bridgehead atoms. The molecule has 2 aromatic carbocycles. The highest BCUT2D eigenvalue weighted by Gasteiger charge is 2.48. The summed E-state index contributed by atoms with van der Waals surface area (Å²) in [4.78, 5) is 49.8. The Kier molecular flexibility index (Phi) is 7.65. The Morgan fingerprint density at radius 3 is 2.52 bits per heavy atom. The molecule has 33 heavy (non-hydrogen) atoms. The number of hydrogen-bond donors (Lipinski definition) is 0. The van der Waals surface area contributed by atoms with Gasteiger partial charge in [0.1, 0.15) is 5.54 Å². The quantitative estimate of drug-likeness (QED) is 0.325. The molecule has 10 heteroatoms. The van der Waals surface area contributed by atoms with Gasteiger partial charge in [0.25, 0.3) is 5.91 Å². The first-order valence-corrected chi connectivity index (χ1v) is 10.7. The molecule has 1 saturated carbocycles. The van der Waals surface area contributed by atoms with Crippen LogP contribution in [0.4, 0.5) is 5.69 Å². The van der Waals surface area contributed by atoms with Crippen molar-refractivity contribution in [3.05, 3.63) is 69.2 Å². The van der Waals surface area contributed by atoms with E-state index in [2.05, 4.69) is 0 Å². The van der Waals surface area contributed by atoms with E-state index in [4.69, 9.17) is 21.1 Å². The fourth-order valence-electron chi connectivity index (χ4n) is 3.99. The zero-order valence-electron chi connectivity index (χ0n) is 18.0. The highest BCUT2D eigenvalue weighted by molar-refractivity contribution is 6.31. The third kappa shape index (κ3) is 5.14. The molecule has 0 aromatic heterocycles. The van der Waals surface area contributed by atoms with Gasteiger partial charge < -0.3 is 14.4 Å². The first-order chi connectivity index (χ1) is 15.8. The molecule has 3 rings (SSSR count). The van der Waals surface area contributed by atoms with Gasteiger partial charge in [-0.25, -0.2) is 4.79 Å². The van der Waals surface area contributed by atoms with Gasteiger partial charge in [-0.15, -0.1) is 0 Å². The lowest BCUT2D eigenvalue weighted by Crippen LogP contribution is -2.55. The fraction of sp³-hybridized carbons (Fsp3) is 0.348. The van der Waals surface area contributed by atoms with Crippen molar-refractivity contribution in [3.63, 3.8) is 0 Å². The van der Waals surface area contributed by atoms with Crippen LogP contribution in [0.25, 0.3) is 0 Å². The minimum absolute atomic E-state index is 0.0895. The average Bonchev–Trinajstić information content (AvgIpc) is 2.81. The summed E-state index contributed by atoms with van der Waals surface area (Å²) in [6, 6.07) is 12.5. The summed E-state index contributed by atoms with van der Waals surface area (Å²) in [5, 5.41) is 11.4. The van der Waals surface area contributed by atoms with Crippen LogP contribution in [-0.2, 0) is 24.7 Å². The van der Waals surface area contributed by atoms with E-state index in [1.807, 2.05) is 0 Å². The van der Waals surface area contributed by atoms with E-state index < -0.39 is 35.6 Å². The molecule has 0 saturated heterocycles. The summed E-state index contributed by atoms with van der Waals surface area (Å²) in [5.74, 6) is -1.67. The van der Waals surface area contributed by atoms with E-state index in [1.54, 1.807) is 24.3 Å². The number of para-hydroxylation sites is 2. The predicted molar refractivity (Wildman–Crippen MR) is 119 cm³/mol. The number of nitrogens with zero attached hydrogens (tertiary/aromatic N) is 2. The number of benzene rings is 2. The van der Waals surface area contributed by atoms with Gasteiger partial charge in [0.2, 0.25) is 0 Å². The maximum atomic E-state index is 13.1. The summed E-state index contributed by atoms with van der Waals surface area (Å²) in [6.07, 6.45) is 2.18. The van der Waals surface area contributed by atoms with Crippen LogP contribution < -0.4 is 4.74 Å². The van der Waals surface area contributed by atoms with Crippen LogP contribution in [0.3, 0.4) is 0 Å². The number of nitro groups is 1. The Balaban J connectivity index is 1.67. The van der Waals surface area contributed by atoms with Gasteiger partial charge in [-0.1, -0.05) is 41.9 Å². The van der Waals surface area contributed by atoms with Crippen molar-refractivity contribution in [2.45, 2.75) is 31.2 Å². The molecular formula is C23H23ClN2O7. The Bertz CT molecular complexity index is 1070. The maximum Gasteiger partial charge on any atom is 0.344 e. The second-order valence-corrected chi connectivity index (χ2v) is 8.00. The second kappa shape index (κ2) is 10.4. The standard InChI is InChI=1S/C23H23ClN2O7/c1-25(23(13-7-6-12-20(23)27)16-8-2-3-9-17(16)24)21(28)14-33-22(29)15-32-19-11-5-4-10-18(19)26(30)31/h2-5,8-11H,6-7,12-15H2,1H3. The largest absolute Gasteiger partial charge is 0.475 e. The molecule has 1 atom stereocenters. The Morgan fingerprint density at radius 1 is 1.12 bits per heavy atom. The van der Waals surface area contributed by atoms with Crippen molar-refractivity contribution in [2.75, 3.05) is 20.3 Å². The lowest BCUT2D eigenvalue weighted by atomic mass is 9.74. The van der Waals surface area contributed by atoms with Gasteiger partial charge in [0.05, 0.1) is 4.92 Å². The zero-order chi connectivity index (χ0) is 24.0. The first kappa shape index (κ1) is 24.2. The molecule has 0 spiro atoms. The molecule has 174 valence electrons. The SMILES string of the molecule is CN(C(=O)COC(=O)COc1ccccc1[N+](=O)[O-])C1(c2ccccc2Cl)CCCCC1=O. The number of Topliss-reactive ketones (excluding diaryl/α,β-unsaturated/α-hetero) is 1. The van der Waals surface area contributed by atoms with Crippen LogP contribution in [0.5, 0.6) is 5.75 Å². The molecule has 0 radical (unpaired) electrons. The van der Waals surface area contributed by atoms with Gasteiger partial charge in [0.15, 0.2) is 24.7 Å². The number of hydrogen-bond acceptors (Lipinski definition) is 7. The molecule has 1 fully saturated rings. The van der Waals surface area contributed by atoms with Crippen molar-refractivity contribution in [2.24, 2.45) is 0 Å². The van der Waals surface area contributed by atoms with Crippen molar-refractivity contribution >= 4 is 34.9 Å². The second-order valence-electron chi connectivity index (χ2n) is 7.60. The monoisotopic (exact) mass is 474 g/mol. The molecular weight excluding hydrogens is 452 g/mol. The lowest BCUT2D eigenvalue weighted by molar-refractivity contribution is -0.385. The van der Waals surface area contributed by atoms with Crippen LogP contribution in [-0.4, -0.2) is 47.7 Å². The topological polar surface area (TPSA) is 116 Å². The van der Waals surface area contributed by atoms with Gasteiger partial charge in [-0.2, -0.15) is 0 Å². The van der Waals surface area contributed by atoms with Crippen molar-refractivity contribution in [1.82, 2.24) is 4.90 Å². The number of carbonyl (C=O) groups excluding carboxylic acids is 3. The molecule has 1 amide bonds. The van der Waals surface area contributed by atoms with Gasteiger partial charge in [0, 0.05) is 30.1 Å². The first-order valence-electron chi connectivity index (χ1n) is 10.3. The lowest BCUT2D eigenvalue weighted by Gasteiger charge is -2.43. The van der Waals surface area contributed by atoms with E-state index in [0.29, 0.717) is 23.4 Å². The zero-order valence-corrected chi connectivity index (χ0v) is 18.7. The third-order valence-corrected chi connectivity index (χ3v) is 6.01. The molecule has 0 aliphatic heterocycles. The van der Waals surface area contributed by atoms with Gasteiger partial charge >= 0.3 is 11.7 Å². The fourth-order valence-corrected chi connectivity index (χ4v) is 4.28. The van der Waals surface area contributed by atoms with Crippen molar-refractivity contribution in [1.29, 1.82) is 0 Å². The highest BCUT2D eigenvalue weighted by atomic mass is 35.5. The minimum atomic E-state index is -1.23. The van der Waals surface area contributed by atoms with Crippen LogP contribution in [0.15, 0.2) is 48.5 Å². The van der Waals surface area contributed by atoms with E-state index in [-0.39, 0.29) is 17.2 Å². The number of halogens is 1. The number of nitro benzene ring substituents is 1. The summed E-state index contributed by atoms with van der Waals surface area (Å²) in [5.41, 5.74) is -0.988. The van der Waals surface area contributed by atoms with Crippen LogP contribution in [0, 0.1) is 10.1 Å². The Labute approximate surface area is 195 Å². The maximum absolute atomic E-state index is 13.1.